The fraction of sp³-hybridized carbons (Fsp3) is 0.364. The minimum atomic E-state index is -4.15. The van der Waals surface area contributed by atoms with Crippen LogP contribution in [-0.2, 0) is 10.2 Å². The van der Waals surface area contributed by atoms with Gasteiger partial charge in [-0.15, -0.1) is 0 Å². The summed E-state index contributed by atoms with van der Waals surface area (Å²) >= 11 is 0. The summed E-state index contributed by atoms with van der Waals surface area (Å²) in [6.45, 7) is 0.429. The fourth-order valence-electron chi connectivity index (χ4n) is 1.97. The van der Waals surface area contributed by atoms with E-state index in [2.05, 4.69) is 0 Å². The Balaban J connectivity index is 2.42. The molecule has 1 fully saturated rings. The molecule has 116 valence electrons. The Hall–Kier alpha value is -1.81. The molecule has 1 aromatic carbocycles. The van der Waals surface area contributed by atoms with E-state index >= 15 is 0 Å². The van der Waals surface area contributed by atoms with Crippen molar-refractivity contribution in [2.24, 2.45) is 0 Å². The van der Waals surface area contributed by atoms with Crippen molar-refractivity contribution in [3.8, 4) is 0 Å². The summed E-state index contributed by atoms with van der Waals surface area (Å²) in [7, 11) is -4.15. The predicted octanol–water partition coefficient (Wildman–Crippen LogP) is 1.55. The Kier molecular flexibility index (Phi) is 4.10. The Bertz CT molecular complexity index is 687. The Morgan fingerprint density at radius 2 is 1.71 bits per heavy atom. The van der Waals surface area contributed by atoms with Gasteiger partial charge in [-0.1, -0.05) is 0 Å². The summed E-state index contributed by atoms with van der Waals surface area (Å²) in [6.07, 6.45) is 1.25. The van der Waals surface area contributed by atoms with Crippen LogP contribution in [0.15, 0.2) is 6.07 Å². The molecular weight excluding hydrogens is 313 g/mol. The molecular formula is C11H11F3N2O4S. The number of anilines is 1. The van der Waals surface area contributed by atoms with Crippen molar-refractivity contribution in [2.75, 3.05) is 17.8 Å². The van der Waals surface area contributed by atoms with E-state index in [1.54, 1.807) is 4.72 Å². The first-order valence-electron chi connectivity index (χ1n) is 5.92. The number of benzene rings is 1. The molecule has 0 spiro atoms. The van der Waals surface area contributed by atoms with Crippen LogP contribution in [0.4, 0.5) is 18.9 Å². The lowest BCUT2D eigenvalue weighted by Gasteiger charge is -2.17. The van der Waals surface area contributed by atoms with E-state index in [0.717, 1.165) is 4.31 Å². The van der Waals surface area contributed by atoms with Gasteiger partial charge in [-0.2, -0.15) is 12.7 Å². The van der Waals surface area contributed by atoms with Crippen molar-refractivity contribution in [3.63, 3.8) is 0 Å². The Morgan fingerprint density at radius 3 is 2.24 bits per heavy atom. The van der Waals surface area contributed by atoms with Crippen molar-refractivity contribution in [2.45, 2.75) is 12.8 Å². The number of hydrogen-bond donors (Lipinski definition) is 2. The molecule has 0 bridgehead atoms. The minimum absolute atomic E-state index is 0.215. The maximum atomic E-state index is 13.6. The third-order valence-corrected chi connectivity index (χ3v) is 4.54. The highest BCUT2D eigenvalue weighted by Crippen LogP contribution is 2.26. The largest absolute Gasteiger partial charge is 0.478 e. The first-order chi connectivity index (χ1) is 9.74. The van der Waals surface area contributed by atoms with Gasteiger partial charge in [0.15, 0.2) is 17.5 Å². The zero-order valence-corrected chi connectivity index (χ0v) is 11.4. The van der Waals surface area contributed by atoms with Gasteiger partial charge in [-0.3, -0.25) is 4.72 Å². The van der Waals surface area contributed by atoms with E-state index in [9.17, 15) is 26.4 Å². The van der Waals surface area contributed by atoms with E-state index in [-0.39, 0.29) is 13.1 Å². The third-order valence-electron chi connectivity index (χ3n) is 3.02. The van der Waals surface area contributed by atoms with Crippen molar-refractivity contribution in [1.29, 1.82) is 0 Å². The van der Waals surface area contributed by atoms with Crippen molar-refractivity contribution >= 4 is 21.9 Å². The van der Waals surface area contributed by atoms with Crippen LogP contribution in [-0.4, -0.2) is 36.9 Å². The second kappa shape index (κ2) is 5.53. The summed E-state index contributed by atoms with van der Waals surface area (Å²) < 4.78 is 66.7. The van der Waals surface area contributed by atoms with E-state index in [0.29, 0.717) is 18.9 Å². The number of carboxylic acid groups (broad SMARTS) is 1. The molecule has 0 atom stereocenters. The first kappa shape index (κ1) is 15.6. The van der Waals surface area contributed by atoms with E-state index in [1.165, 1.54) is 0 Å². The molecule has 21 heavy (non-hydrogen) atoms. The quantitative estimate of drug-likeness (QED) is 0.823. The lowest BCUT2D eigenvalue weighted by molar-refractivity contribution is 0.0690. The third kappa shape index (κ3) is 2.95. The van der Waals surface area contributed by atoms with Gasteiger partial charge in [0.2, 0.25) is 0 Å². The predicted molar refractivity (Wildman–Crippen MR) is 66.6 cm³/mol. The number of nitrogens with one attached hydrogen (secondary N) is 1. The zero-order valence-electron chi connectivity index (χ0n) is 10.6. The van der Waals surface area contributed by atoms with Gasteiger partial charge in [0, 0.05) is 13.1 Å². The maximum Gasteiger partial charge on any atom is 0.338 e. The number of rotatable bonds is 4. The molecule has 0 unspecified atom stereocenters. The van der Waals surface area contributed by atoms with Gasteiger partial charge in [-0.05, 0) is 18.9 Å². The van der Waals surface area contributed by atoms with Gasteiger partial charge < -0.3 is 5.11 Å². The summed E-state index contributed by atoms with van der Waals surface area (Å²) in [4.78, 5) is 10.7. The summed E-state index contributed by atoms with van der Waals surface area (Å²) in [6, 6.07) is 0.406. The fourth-order valence-corrected chi connectivity index (χ4v) is 3.26. The summed E-state index contributed by atoms with van der Waals surface area (Å²) in [5.74, 6) is -7.56. The Morgan fingerprint density at radius 1 is 1.14 bits per heavy atom. The normalized spacial score (nSPS) is 16.1. The molecule has 0 saturated carbocycles. The van der Waals surface area contributed by atoms with Crippen molar-refractivity contribution in [3.05, 3.63) is 29.1 Å². The molecule has 0 radical (unpaired) electrons. The summed E-state index contributed by atoms with van der Waals surface area (Å²) in [5.41, 5.74) is -2.11. The van der Waals surface area contributed by atoms with Gasteiger partial charge in [-0.25, -0.2) is 18.0 Å². The highest BCUT2D eigenvalue weighted by Gasteiger charge is 2.29. The van der Waals surface area contributed by atoms with Gasteiger partial charge in [0.25, 0.3) is 0 Å². The molecule has 1 heterocycles. The molecule has 6 nitrogen and oxygen atoms in total. The molecule has 0 aromatic heterocycles. The highest BCUT2D eigenvalue weighted by atomic mass is 32.2. The van der Waals surface area contributed by atoms with Crippen LogP contribution in [0.1, 0.15) is 23.2 Å². The maximum absolute atomic E-state index is 13.6. The molecule has 2 N–H and O–H groups in total. The average Bonchev–Trinajstić information content (AvgIpc) is 2.93. The molecule has 10 heteroatoms. The van der Waals surface area contributed by atoms with Gasteiger partial charge in [0.05, 0.1) is 5.69 Å². The number of nitrogens with zero attached hydrogens (tertiary/aromatic N) is 1. The number of carboxylic acids is 1. The number of halogens is 3. The van der Waals surface area contributed by atoms with Crippen LogP contribution >= 0.6 is 0 Å². The van der Waals surface area contributed by atoms with Gasteiger partial charge in [0.1, 0.15) is 5.56 Å². The van der Waals surface area contributed by atoms with E-state index in [4.69, 9.17) is 5.11 Å². The van der Waals surface area contributed by atoms with Crippen molar-refractivity contribution in [1.82, 2.24) is 4.31 Å². The summed E-state index contributed by atoms with van der Waals surface area (Å²) in [5, 5.41) is 8.70. The molecule has 1 aliphatic rings. The lowest BCUT2D eigenvalue weighted by atomic mass is 10.1. The Labute approximate surface area is 118 Å². The molecule has 1 aromatic rings. The zero-order chi connectivity index (χ0) is 15.8. The number of carbonyl (C=O) groups is 1. The van der Waals surface area contributed by atoms with E-state index in [1.807, 2.05) is 0 Å². The van der Waals surface area contributed by atoms with Crippen LogP contribution in [0.2, 0.25) is 0 Å². The van der Waals surface area contributed by atoms with Crippen LogP contribution in [0, 0.1) is 17.5 Å². The SMILES string of the molecule is O=C(O)c1cc(NS(=O)(=O)N2CCCC2)c(F)c(F)c1F. The second-order valence-corrected chi connectivity index (χ2v) is 6.10. The first-order valence-corrected chi connectivity index (χ1v) is 7.36. The van der Waals surface area contributed by atoms with E-state index < -0.39 is 44.9 Å². The second-order valence-electron chi connectivity index (χ2n) is 4.43. The number of aromatic carboxylic acids is 1. The van der Waals surface area contributed by atoms with Gasteiger partial charge >= 0.3 is 16.2 Å². The molecule has 0 amide bonds. The average molecular weight is 324 g/mol. The highest BCUT2D eigenvalue weighted by molar-refractivity contribution is 7.90. The van der Waals surface area contributed by atoms with Crippen LogP contribution in [0.5, 0.6) is 0 Å². The monoisotopic (exact) mass is 324 g/mol. The standard InChI is InChI=1S/C11H11F3N2O4S/c12-8-6(11(17)18)5-7(9(13)10(8)14)15-21(19,20)16-3-1-2-4-16/h5,15H,1-4H2,(H,17,18). The minimum Gasteiger partial charge on any atom is -0.478 e. The molecule has 1 saturated heterocycles. The number of hydrogen-bond acceptors (Lipinski definition) is 3. The lowest BCUT2D eigenvalue weighted by Crippen LogP contribution is -2.33. The molecule has 1 aliphatic heterocycles. The van der Waals surface area contributed by atoms with Crippen LogP contribution < -0.4 is 4.72 Å². The van der Waals surface area contributed by atoms with Crippen LogP contribution in [0.3, 0.4) is 0 Å². The smallest absolute Gasteiger partial charge is 0.338 e. The molecule has 0 aliphatic carbocycles. The van der Waals surface area contributed by atoms with Crippen molar-refractivity contribution < 1.29 is 31.5 Å². The topological polar surface area (TPSA) is 86.7 Å². The molecule has 2 rings (SSSR count). The van der Waals surface area contributed by atoms with Crippen LogP contribution in [0.25, 0.3) is 0 Å².